The maximum absolute atomic E-state index is 5.68. The highest BCUT2D eigenvalue weighted by Crippen LogP contribution is 2.22. The van der Waals surface area contributed by atoms with Gasteiger partial charge in [-0.15, -0.1) is 0 Å². The quantitative estimate of drug-likeness (QED) is 0.866. The highest BCUT2D eigenvalue weighted by molar-refractivity contribution is 5.26. The van der Waals surface area contributed by atoms with Crippen LogP contribution < -0.4 is 5.32 Å². The molecule has 2 rings (SSSR count). The second kappa shape index (κ2) is 5.65. The molecule has 0 amide bonds. The minimum absolute atomic E-state index is 0.264. The molecule has 0 bridgehead atoms. The maximum atomic E-state index is 5.68. The Bertz CT molecular complexity index is 344. The van der Waals surface area contributed by atoms with E-state index in [1.807, 2.05) is 0 Å². The highest BCUT2D eigenvalue weighted by atomic mass is 16.5. The third kappa shape index (κ3) is 3.30. The molecule has 2 heteroatoms. The lowest BCUT2D eigenvalue weighted by molar-refractivity contribution is 0.00756. The van der Waals surface area contributed by atoms with E-state index in [1.165, 1.54) is 11.1 Å². The summed E-state index contributed by atoms with van der Waals surface area (Å²) in [7, 11) is 0. The van der Waals surface area contributed by atoms with E-state index >= 15 is 0 Å². The van der Waals surface area contributed by atoms with Gasteiger partial charge in [0.1, 0.15) is 0 Å². The number of rotatable bonds is 3. The van der Waals surface area contributed by atoms with E-state index in [9.17, 15) is 0 Å². The largest absolute Gasteiger partial charge is 0.375 e. The fraction of sp³-hybridized carbons (Fsp3) is 0.600. The Morgan fingerprint density at radius 1 is 1.29 bits per heavy atom. The Morgan fingerprint density at radius 2 is 2.00 bits per heavy atom. The number of nitrogens with one attached hydrogen (secondary N) is 1. The molecule has 1 aromatic rings. The SMILES string of the molecule is CC(C)Cc1ccc(C2NCCOC2C)cc1. The summed E-state index contributed by atoms with van der Waals surface area (Å²) in [6, 6.07) is 9.31. The zero-order chi connectivity index (χ0) is 12.3. The summed E-state index contributed by atoms with van der Waals surface area (Å²) >= 11 is 0. The highest BCUT2D eigenvalue weighted by Gasteiger charge is 2.22. The van der Waals surface area contributed by atoms with Gasteiger partial charge >= 0.3 is 0 Å². The van der Waals surface area contributed by atoms with Crippen molar-refractivity contribution in [2.24, 2.45) is 5.92 Å². The molecule has 0 spiro atoms. The van der Waals surface area contributed by atoms with Gasteiger partial charge in [0, 0.05) is 6.54 Å². The standard InChI is InChI=1S/C15H23NO/c1-11(2)10-13-4-6-14(7-5-13)15-12(3)17-9-8-16-15/h4-7,11-12,15-16H,8-10H2,1-3H3. The Kier molecular flexibility index (Phi) is 4.19. The molecule has 0 aromatic heterocycles. The average Bonchev–Trinajstić information content (AvgIpc) is 2.30. The van der Waals surface area contributed by atoms with Crippen molar-refractivity contribution in [2.45, 2.75) is 39.3 Å². The van der Waals surface area contributed by atoms with Gasteiger partial charge in [-0.2, -0.15) is 0 Å². The molecule has 1 saturated heterocycles. The molecule has 0 aliphatic carbocycles. The van der Waals surface area contributed by atoms with Crippen LogP contribution in [0.1, 0.15) is 37.9 Å². The van der Waals surface area contributed by atoms with Crippen LogP contribution in [0.5, 0.6) is 0 Å². The summed E-state index contributed by atoms with van der Waals surface area (Å²) in [5.41, 5.74) is 2.76. The number of hydrogen-bond acceptors (Lipinski definition) is 2. The Labute approximate surface area is 104 Å². The minimum atomic E-state index is 0.264. The van der Waals surface area contributed by atoms with E-state index in [1.54, 1.807) is 0 Å². The molecular formula is C15H23NO. The van der Waals surface area contributed by atoms with Gasteiger partial charge in [-0.05, 0) is 30.4 Å². The third-order valence-electron chi connectivity index (χ3n) is 3.30. The number of morpholine rings is 1. The summed E-state index contributed by atoms with van der Waals surface area (Å²) in [6.07, 6.45) is 1.42. The van der Waals surface area contributed by atoms with Crippen LogP contribution in [0.25, 0.3) is 0 Å². The lowest BCUT2D eigenvalue weighted by Crippen LogP contribution is -2.40. The topological polar surface area (TPSA) is 21.3 Å². The molecule has 1 aliphatic heterocycles. The van der Waals surface area contributed by atoms with Crippen molar-refractivity contribution in [3.05, 3.63) is 35.4 Å². The van der Waals surface area contributed by atoms with Crippen LogP contribution in [-0.2, 0) is 11.2 Å². The van der Waals surface area contributed by atoms with Crippen LogP contribution in [0, 0.1) is 5.92 Å². The molecule has 94 valence electrons. The molecule has 0 saturated carbocycles. The van der Waals surface area contributed by atoms with E-state index in [0.717, 1.165) is 25.5 Å². The van der Waals surface area contributed by atoms with E-state index < -0.39 is 0 Å². The van der Waals surface area contributed by atoms with Gasteiger partial charge in [-0.25, -0.2) is 0 Å². The van der Waals surface area contributed by atoms with Crippen molar-refractivity contribution < 1.29 is 4.74 Å². The molecule has 2 atom stereocenters. The van der Waals surface area contributed by atoms with Crippen molar-refractivity contribution >= 4 is 0 Å². The first-order chi connectivity index (χ1) is 8.16. The second-order valence-electron chi connectivity index (χ2n) is 5.35. The maximum Gasteiger partial charge on any atom is 0.0742 e. The van der Waals surface area contributed by atoms with Crippen LogP contribution in [0.2, 0.25) is 0 Å². The molecule has 2 unspecified atom stereocenters. The summed E-state index contributed by atoms with van der Waals surface area (Å²) in [4.78, 5) is 0. The predicted octanol–water partition coefficient (Wildman–Crippen LogP) is 2.93. The Morgan fingerprint density at radius 3 is 2.59 bits per heavy atom. The van der Waals surface area contributed by atoms with Crippen LogP contribution in [0.3, 0.4) is 0 Å². The summed E-state index contributed by atoms with van der Waals surface area (Å²) in [5, 5.41) is 3.52. The van der Waals surface area contributed by atoms with Crippen molar-refractivity contribution in [1.82, 2.24) is 5.32 Å². The molecule has 1 N–H and O–H groups in total. The van der Waals surface area contributed by atoms with E-state index in [-0.39, 0.29) is 6.10 Å². The first-order valence-electron chi connectivity index (χ1n) is 6.60. The van der Waals surface area contributed by atoms with Crippen molar-refractivity contribution in [2.75, 3.05) is 13.2 Å². The smallest absolute Gasteiger partial charge is 0.0742 e. The van der Waals surface area contributed by atoms with E-state index in [0.29, 0.717) is 6.04 Å². The molecular weight excluding hydrogens is 210 g/mol. The zero-order valence-corrected chi connectivity index (χ0v) is 11.1. The van der Waals surface area contributed by atoms with Crippen LogP contribution in [-0.4, -0.2) is 19.3 Å². The van der Waals surface area contributed by atoms with Gasteiger partial charge in [-0.3, -0.25) is 0 Å². The van der Waals surface area contributed by atoms with Crippen LogP contribution in [0.15, 0.2) is 24.3 Å². The van der Waals surface area contributed by atoms with Gasteiger partial charge in [0.05, 0.1) is 18.8 Å². The van der Waals surface area contributed by atoms with Crippen molar-refractivity contribution in [3.63, 3.8) is 0 Å². The zero-order valence-electron chi connectivity index (χ0n) is 11.1. The molecule has 2 nitrogen and oxygen atoms in total. The fourth-order valence-electron chi connectivity index (χ4n) is 2.44. The third-order valence-corrected chi connectivity index (χ3v) is 3.30. The first-order valence-corrected chi connectivity index (χ1v) is 6.60. The molecule has 1 aromatic carbocycles. The van der Waals surface area contributed by atoms with E-state index in [2.05, 4.69) is 50.4 Å². The summed E-state index contributed by atoms with van der Waals surface area (Å²) < 4.78 is 5.68. The van der Waals surface area contributed by atoms with Gasteiger partial charge in [-0.1, -0.05) is 38.1 Å². The van der Waals surface area contributed by atoms with Gasteiger partial charge in [0.15, 0.2) is 0 Å². The Balaban J connectivity index is 2.06. The minimum Gasteiger partial charge on any atom is -0.375 e. The average molecular weight is 233 g/mol. The summed E-state index contributed by atoms with van der Waals surface area (Å²) in [5.74, 6) is 0.718. The van der Waals surface area contributed by atoms with Crippen LogP contribution >= 0.6 is 0 Å². The molecule has 1 heterocycles. The summed E-state index contributed by atoms with van der Waals surface area (Å²) in [6.45, 7) is 8.42. The van der Waals surface area contributed by atoms with Gasteiger partial charge in [0.2, 0.25) is 0 Å². The van der Waals surface area contributed by atoms with Crippen molar-refractivity contribution in [1.29, 1.82) is 0 Å². The first kappa shape index (κ1) is 12.6. The number of benzene rings is 1. The second-order valence-corrected chi connectivity index (χ2v) is 5.35. The lowest BCUT2D eigenvalue weighted by Gasteiger charge is -2.30. The van der Waals surface area contributed by atoms with Gasteiger partial charge < -0.3 is 10.1 Å². The molecule has 17 heavy (non-hydrogen) atoms. The van der Waals surface area contributed by atoms with Crippen LogP contribution in [0.4, 0.5) is 0 Å². The molecule has 0 radical (unpaired) electrons. The predicted molar refractivity (Wildman–Crippen MR) is 71.1 cm³/mol. The monoisotopic (exact) mass is 233 g/mol. The number of hydrogen-bond donors (Lipinski definition) is 1. The van der Waals surface area contributed by atoms with Crippen molar-refractivity contribution in [3.8, 4) is 0 Å². The Hall–Kier alpha value is -0.860. The van der Waals surface area contributed by atoms with Gasteiger partial charge in [0.25, 0.3) is 0 Å². The number of ether oxygens (including phenoxy) is 1. The lowest BCUT2D eigenvalue weighted by atomic mass is 9.97. The van der Waals surface area contributed by atoms with E-state index in [4.69, 9.17) is 4.74 Å². The molecule has 1 aliphatic rings. The fourth-order valence-corrected chi connectivity index (χ4v) is 2.44. The normalized spacial score (nSPS) is 25.2. The molecule has 1 fully saturated rings.